The molecule has 0 radical (unpaired) electrons. The van der Waals surface area contributed by atoms with E-state index in [9.17, 15) is 19.8 Å². The van der Waals surface area contributed by atoms with Crippen molar-refractivity contribution in [1.82, 2.24) is 4.90 Å². The van der Waals surface area contributed by atoms with Crippen molar-refractivity contribution in [3.8, 4) is 0 Å². The molecule has 0 aromatic heterocycles. The maximum atomic E-state index is 13.6. The first-order valence-electron chi connectivity index (χ1n) is 13.7. The molecule has 1 aliphatic rings. The van der Waals surface area contributed by atoms with Crippen LogP contribution in [0.15, 0.2) is 120 Å². The summed E-state index contributed by atoms with van der Waals surface area (Å²) in [6.07, 6.45) is 0.263. The summed E-state index contributed by atoms with van der Waals surface area (Å²) in [6, 6.07) is 33.1. The van der Waals surface area contributed by atoms with Crippen molar-refractivity contribution in [2.24, 2.45) is 4.99 Å². The smallest absolute Gasteiger partial charge is 0.331 e. The van der Waals surface area contributed by atoms with E-state index in [2.05, 4.69) is 27.3 Å². The first-order valence-corrected chi connectivity index (χ1v) is 13.7. The van der Waals surface area contributed by atoms with Crippen LogP contribution in [0.25, 0.3) is 5.32 Å². The number of carboxylic acids is 1. The molecule has 2 N–H and O–H groups in total. The Hall–Kier alpha value is -4.10. The molecular formula is C34H32N3NiO4-. The fourth-order valence-corrected chi connectivity index (χ4v) is 5.21. The van der Waals surface area contributed by atoms with Gasteiger partial charge in [-0.25, -0.2) is 4.79 Å². The van der Waals surface area contributed by atoms with Crippen LogP contribution in [0.4, 0.5) is 5.69 Å². The second-order valence-electron chi connectivity index (χ2n) is 10.1. The Bertz CT molecular complexity index is 1500. The summed E-state index contributed by atoms with van der Waals surface area (Å²) in [7, 11) is 0. The predicted octanol–water partition coefficient (Wildman–Crippen LogP) is 5.90. The first-order chi connectivity index (χ1) is 20.0. The van der Waals surface area contributed by atoms with E-state index < -0.39 is 18.1 Å². The van der Waals surface area contributed by atoms with Gasteiger partial charge in [0.2, 0.25) is 0 Å². The summed E-state index contributed by atoms with van der Waals surface area (Å²) in [4.78, 5) is 32.7. The molecule has 4 aromatic rings. The molecule has 4 aromatic carbocycles. The molecule has 1 heterocycles. The third-order valence-electron chi connectivity index (χ3n) is 7.28. The number of hydrogen-bond donors (Lipinski definition) is 2. The van der Waals surface area contributed by atoms with E-state index in [4.69, 9.17) is 0 Å². The zero-order valence-corrected chi connectivity index (χ0v) is 23.9. The molecule has 8 heteroatoms. The number of aliphatic carboxylic acids is 1. The zero-order valence-electron chi connectivity index (χ0n) is 22.9. The predicted molar refractivity (Wildman–Crippen MR) is 159 cm³/mol. The van der Waals surface area contributed by atoms with Crippen molar-refractivity contribution in [3.63, 3.8) is 0 Å². The monoisotopic (exact) mass is 604 g/mol. The standard InChI is InChI=1S/C34H33N3O4.Ni/c38-32(26-17-8-3-9-18-26)31(34(40)41)36-30(25-15-6-2-7-16-25)27-19-10-11-20-28(27)35-33(39)29-21-12-22-37(29)23-24-13-4-1-5-14-24;/h1-11,13-20,29,31-32,38H,12,21-23H2,(H2,35,36,39,40,41);/p-1/t29-,31-,32+;/m0./s1. The van der Waals surface area contributed by atoms with Crippen LogP contribution < -0.4 is 0 Å². The van der Waals surface area contributed by atoms with Crippen molar-refractivity contribution < 1.29 is 36.3 Å². The number of carboxylic acid groups (broad SMARTS) is 1. The molecule has 0 unspecified atom stereocenters. The average Bonchev–Trinajstić information content (AvgIpc) is 3.47. The SMILES string of the molecule is O=C(O)[C@@H](N=C(c1ccccc1)c1ccccc1[N-]C(=O)[C@@H]1CCCN1Cc1ccccc1)[C@H](O)c1ccccc1.[Ni]. The Morgan fingerprint density at radius 2 is 1.45 bits per heavy atom. The number of aliphatic imine (C=N–C) groups is 1. The molecule has 0 bridgehead atoms. The van der Waals surface area contributed by atoms with Crippen LogP contribution in [0.3, 0.4) is 0 Å². The van der Waals surface area contributed by atoms with Gasteiger partial charge in [0.1, 0.15) is 6.10 Å². The van der Waals surface area contributed by atoms with Crippen molar-refractivity contribution in [2.75, 3.05) is 6.54 Å². The average molecular weight is 605 g/mol. The number of amides is 1. The van der Waals surface area contributed by atoms with E-state index in [1.807, 2.05) is 48.5 Å². The molecule has 218 valence electrons. The molecule has 42 heavy (non-hydrogen) atoms. The minimum absolute atomic E-state index is 0. The van der Waals surface area contributed by atoms with Crippen molar-refractivity contribution in [1.29, 1.82) is 0 Å². The quantitative estimate of drug-likeness (QED) is 0.173. The molecule has 1 amide bonds. The maximum Gasteiger partial charge on any atom is 0.331 e. The Kier molecular flexibility index (Phi) is 10.8. The van der Waals surface area contributed by atoms with E-state index in [1.54, 1.807) is 54.6 Å². The van der Waals surface area contributed by atoms with Gasteiger partial charge in [0.05, 0.1) is 17.7 Å². The number of likely N-dealkylation sites (tertiary alicyclic amines) is 1. The van der Waals surface area contributed by atoms with Gasteiger partial charge < -0.3 is 20.3 Å². The van der Waals surface area contributed by atoms with Gasteiger partial charge in [-0.2, -0.15) is 0 Å². The number of carbonyl (C=O) groups excluding carboxylic acids is 1. The fraction of sp³-hybridized carbons (Fsp3) is 0.206. The van der Waals surface area contributed by atoms with E-state index in [-0.39, 0.29) is 28.4 Å². The van der Waals surface area contributed by atoms with Crippen LogP contribution in [0, 0.1) is 0 Å². The van der Waals surface area contributed by atoms with Gasteiger partial charge in [-0.1, -0.05) is 115 Å². The Labute approximate surface area is 255 Å². The van der Waals surface area contributed by atoms with Crippen LogP contribution in [0.5, 0.6) is 0 Å². The Balaban J connectivity index is 0.00000405. The number of aliphatic hydroxyl groups excluding tert-OH is 1. The first kappa shape index (κ1) is 30.9. The Morgan fingerprint density at radius 1 is 0.857 bits per heavy atom. The fourth-order valence-electron chi connectivity index (χ4n) is 5.21. The molecule has 7 nitrogen and oxygen atoms in total. The molecule has 3 atom stereocenters. The second-order valence-corrected chi connectivity index (χ2v) is 10.1. The summed E-state index contributed by atoms with van der Waals surface area (Å²) in [6.45, 7) is 1.49. The minimum Gasteiger partial charge on any atom is -0.625 e. The van der Waals surface area contributed by atoms with Crippen molar-refractivity contribution in [2.45, 2.75) is 37.6 Å². The summed E-state index contributed by atoms with van der Waals surface area (Å²) in [5.74, 6) is -1.50. The van der Waals surface area contributed by atoms with Crippen LogP contribution in [0.1, 0.15) is 41.2 Å². The minimum atomic E-state index is -1.48. The zero-order chi connectivity index (χ0) is 28.6. The van der Waals surface area contributed by atoms with E-state index in [0.29, 0.717) is 34.6 Å². The number of para-hydroxylation sites is 1. The van der Waals surface area contributed by atoms with Gasteiger partial charge >= 0.3 is 5.97 Å². The number of hydrogen-bond acceptors (Lipinski definition) is 5. The van der Waals surface area contributed by atoms with Gasteiger partial charge in [-0.15, -0.1) is 5.69 Å². The molecule has 5 rings (SSSR count). The van der Waals surface area contributed by atoms with E-state index in [1.165, 1.54) is 0 Å². The number of benzene rings is 4. The third kappa shape index (κ3) is 7.40. The Morgan fingerprint density at radius 3 is 2.12 bits per heavy atom. The summed E-state index contributed by atoms with van der Waals surface area (Å²) < 4.78 is 0. The van der Waals surface area contributed by atoms with Gasteiger partial charge in [0, 0.05) is 28.6 Å². The molecule has 0 spiro atoms. The number of nitrogens with zero attached hydrogens (tertiary/aromatic N) is 3. The largest absolute Gasteiger partial charge is 0.625 e. The number of rotatable bonds is 10. The number of aliphatic hydroxyl groups is 1. The molecular weight excluding hydrogens is 573 g/mol. The van der Waals surface area contributed by atoms with Gasteiger partial charge in [-0.3, -0.25) is 9.89 Å². The topological polar surface area (TPSA) is 104 Å². The van der Waals surface area contributed by atoms with E-state index >= 15 is 0 Å². The molecule has 1 fully saturated rings. The molecule has 1 saturated heterocycles. The maximum absolute atomic E-state index is 13.6. The second kappa shape index (κ2) is 14.7. The van der Waals surface area contributed by atoms with Crippen LogP contribution in [-0.4, -0.2) is 51.3 Å². The van der Waals surface area contributed by atoms with Gasteiger partial charge in [0.25, 0.3) is 0 Å². The van der Waals surface area contributed by atoms with Crippen LogP contribution >= 0.6 is 0 Å². The van der Waals surface area contributed by atoms with Crippen molar-refractivity contribution >= 4 is 23.3 Å². The summed E-state index contributed by atoms with van der Waals surface area (Å²) in [5.41, 5.74) is 3.51. The third-order valence-corrected chi connectivity index (χ3v) is 7.28. The van der Waals surface area contributed by atoms with Gasteiger partial charge in [0.15, 0.2) is 6.04 Å². The molecule has 0 saturated carbocycles. The molecule has 0 aliphatic carbocycles. The normalized spacial score (nSPS) is 16.7. The molecule has 1 aliphatic heterocycles. The van der Waals surface area contributed by atoms with Crippen molar-refractivity contribution in [3.05, 3.63) is 143 Å². The van der Waals surface area contributed by atoms with Gasteiger partial charge in [-0.05, 0) is 36.1 Å². The number of carbonyl (C=O) groups is 2. The van der Waals surface area contributed by atoms with Crippen LogP contribution in [0.2, 0.25) is 0 Å². The summed E-state index contributed by atoms with van der Waals surface area (Å²) >= 11 is 0. The van der Waals surface area contributed by atoms with Crippen LogP contribution in [-0.2, 0) is 32.6 Å². The van der Waals surface area contributed by atoms with E-state index in [0.717, 1.165) is 24.9 Å². The summed E-state index contributed by atoms with van der Waals surface area (Å²) in [5, 5.41) is 25.7.